The van der Waals surface area contributed by atoms with Crippen LogP contribution in [0.15, 0.2) is 23.6 Å². The fourth-order valence-corrected chi connectivity index (χ4v) is 1.49. The maximum absolute atomic E-state index is 10.6. The predicted molar refractivity (Wildman–Crippen MR) is 51.1 cm³/mol. The van der Waals surface area contributed by atoms with Gasteiger partial charge in [-0.1, -0.05) is 6.07 Å². The second-order valence-electron chi connectivity index (χ2n) is 2.54. The molecule has 2 heterocycles. The molecular weight excluding hydrogens is 200 g/mol. The molecule has 0 saturated carbocycles. The lowest BCUT2D eigenvalue weighted by Gasteiger charge is -1.97. The molecule has 0 saturated heterocycles. The van der Waals surface area contributed by atoms with Crippen LogP contribution in [0.25, 0.3) is 11.4 Å². The number of thiazole rings is 1. The van der Waals surface area contributed by atoms with Gasteiger partial charge < -0.3 is 5.11 Å². The second kappa shape index (κ2) is 3.55. The lowest BCUT2D eigenvalue weighted by atomic mass is 10.2. The molecule has 14 heavy (non-hydrogen) atoms. The van der Waals surface area contributed by atoms with Gasteiger partial charge in [-0.3, -0.25) is 0 Å². The van der Waals surface area contributed by atoms with Crippen LogP contribution < -0.4 is 0 Å². The van der Waals surface area contributed by atoms with Crippen molar-refractivity contribution in [3.8, 4) is 11.4 Å². The Morgan fingerprint density at radius 2 is 2.29 bits per heavy atom. The highest BCUT2D eigenvalue weighted by Crippen LogP contribution is 2.16. The van der Waals surface area contributed by atoms with Gasteiger partial charge >= 0.3 is 5.97 Å². The molecule has 1 N–H and O–H groups in total. The Labute approximate surface area is 83.9 Å². The van der Waals surface area contributed by atoms with Crippen molar-refractivity contribution in [2.24, 2.45) is 0 Å². The van der Waals surface area contributed by atoms with Crippen molar-refractivity contribution in [1.82, 2.24) is 9.97 Å². The molecule has 5 heteroatoms. The van der Waals surface area contributed by atoms with E-state index >= 15 is 0 Å². The van der Waals surface area contributed by atoms with Gasteiger partial charge in [0.15, 0.2) is 5.51 Å². The van der Waals surface area contributed by atoms with Gasteiger partial charge in [-0.2, -0.15) is 0 Å². The lowest BCUT2D eigenvalue weighted by Crippen LogP contribution is -2.00. The van der Waals surface area contributed by atoms with Crippen molar-refractivity contribution in [1.29, 1.82) is 0 Å². The van der Waals surface area contributed by atoms with E-state index in [1.54, 1.807) is 17.5 Å². The molecule has 0 aromatic carbocycles. The van der Waals surface area contributed by atoms with Crippen molar-refractivity contribution >= 4 is 17.3 Å². The number of aromatic nitrogens is 2. The molecule has 0 bridgehead atoms. The van der Waals surface area contributed by atoms with Crippen molar-refractivity contribution < 1.29 is 9.90 Å². The third-order valence-electron chi connectivity index (χ3n) is 1.62. The van der Waals surface area contributed by atoms with Gasteiger partial charge in [-0.25, -0.2) is 14.8 Å². The molecule has 0 aliphatic carbocycles. The van der Waals surface area contributed by atoms with Crippen LogP contribution in [0.5, 0.6) is 0 Å². The first-order valence-electron chi connectivity index (χ1n) is 3.79. The molecule has 0 fully saturated rings. The Morgan fingerprint density at radius 1 is 1.43 bits per heavy atom. The second-order valence-corrected chi connectivity index (χ2v) is 3.19. The molecule has 0 amide bonds. The average molecular weight is 205 g/mol. The summed E-state index contributed by atoms with van der Waals surface area (Å²) in [5.74, 6) is -1.04. The van der Waals surface area contributed by atoms with E-state index in [0.29, 0.717) is 11.4 Å². The van der Waals surface area contributed by atoms with Crippen LogP contribution in [0.2, 0.25) is 0 Å². The van der Waals surface area contributed by atoms with Gasteiger partial charge in [0.1, 0.15) is 11.4 Å². The lowest BCUT2D eigenvalue weighted by molar-refractivity contribution is 0.0690. The van der Waals surface area contributed by atoms with Gasteiger partial charge in [0, 0.05) is 5.38 Å². The normalized spacial score (nSPS) is 10.0. The van der Waals surface area contributed by atoms with E-state index in [0.717, 1.165) is 0 Å². The first-order chi connectivity index (χ1) is 6.77. The molecule has 0 spiro atoms. The molecule has 4 nitrogen and oxygen atoms in total. The zero-order chi connectivity index (χ0) is 9.97. The van der Waals surface area contributed by atoms with Gasteiger partial charge in [0.2, 0.25) is 0 Å². The number of rotatable bonds is 2. The number of carbonyl (C=O) groups is 1. The van der Waals surface area contributed by atoms with Crippen LogP contribution in [0.4, 0.5) is 0 Å². The largest absolute Gasteiger partial charge is 0.477 e. The summed E-state index contributed by atoms with van der Waals surface area (Å²) in [4.78, 5) is 18.5. The Hall–Kier alpha value is -1.75. The summed E-state index contributed by atoms with van der Waals surface area (Å²) >= 11 is 1.33. The Morgan fingerprint density at radius 3 is 2.93 bits per heavy atom. The Balaban J connectivity index is 2.46. The fourth-order valence-electron chi connectivity index (χ4n) is 0.998. The summed E-state index contributed by atoms with van der Waals surface area (Å²) in [5, 5.41) is 10.5. The van der Waals surface area contributed by atoms with E-state index in [1.807, 2.05) is 0 Å². The minimum absolute atomic E-state index is 0.0236. The van der Waals surface area contributed by atoms with Crippen LogP contribution in [0, 0.1) is 5.51 Å². The van der Waals surface area contributed by atoms with Gasteiger partial charge in [0.05, 0.1) is 5.69 Å². The molecule has 2 rings (SSSR count). The SMILES string of the molecule is O=C(O)c1cccc(-c2cs[c]n2)n1. The van der Waals surface area contributed by atoms with Crippen LogP contribution in [-0.4, -0.2) is 21.0 Å². The molecule has 0 unspecified atom stereocenters. The van der Waals surface area contributed by atoms with E-state index in [-0.39, 0.29) is 5.69 Å². The molecular formula is C9H5N2O2S. The standard InChI is InChI=1S/C9H5N2O2S/c12-9(13)7-3-1-2-6(11-7)8-4-14-5-10-8/h1-4H,(H,12,13). The van der Waals surface area contributed by atoms with Crippen LogP contribution in [0.1, 0.15) is 10.5 Å². The van der Waals surface area contributed by atoms with E-state index < -0.39 is 5.97 Å². The first-order valence-corrected chi connectivity index (χ1v) is 4.67. The number of pyridine rings is 1. The van der Waals surface area contributed by atoms with Crippen LogP contribution in [0.3, 0.4) is 0 Å². The monoisotopic (exact) mass is 205 g/mol. The summed E-state index contributed by atoms with van der Waals surface area (Å²) in [6.45, 7) is 0. The molecule has 0 aliphatic heterocycles. The van der Waals surface area contributed by atoms with Crippen LogP contribution >= 0.6 is 11.3 Å². The number of hydrogen-bond donors (Lipinski definition) is 1. The Bertz CT molecular complexity index is 454. The minimum atomic E-state index is -1.04. The summed E-state index contributed by atoms with van der Waals surface area (Å²) in [5.41, 5.74) is 3.91. The van der Waals surface area contributed by atoms with Crippen molar-refractivity contribution in [2.45, 2.75) is 0 Å². The van der Waals surface area contributed by atoms with Gasteiger partial charge in [-0.15, -0.1) is 11.3 Å². The van der Waals surface area contributed by atoms with Crippen molar-refractivity contribution in [2.75, 3.05) is 0 Å². The summed E-state index contributed by atoms with van der Waals surface area (Å²) in [6, 6.07) is 4.81. The number of aromatic carboxylic acids is 1. The van der Waals surface area contributed by atoms with E-state index in [4.69, 9.17) is 5.11 Å². The van der Waals surface area contributed by atoms with E-state index in [1.165, 1.54) is 17.4 Å². The Kier molecular flexibility index (Phi) is 2.24. The summed E-state index contributed by atoms with van der Waals surface area (Å²) in [6.07, 6.45) is 0. The maximum atomic E-state index is 10.6. The predicted octanol–water partition coefficient (Wildman–Crippen LogP) is 1.70. The molecule has 2 aromatic rings. The average Bonchev–Trinajstić information content (AvgIpc) is 2.71. The number of carboxylic acids is 1. The topological polar surface area (TPSA) is 63.1 Å². The third kappa shape index (κ3) is 1.62. The number of carboxylic acid groups (broad SMARTS) is 1. The smallest absolute Gasteiger partial charge is 0.354 e. The molecule has 69 valence electrons. The highest BCUT2D eigenvalue weighted by molar-refractivity contribution is 7.07. The van der Waals surface area contributed by atoms with E-state index in [9.17, 15) is 4.79 Å². The molecule has 0 atom stereocenters. The third-order valence-corrected chi connectivity index (χ3v) is 2.16. The first kappa shape index (κ1) is 8.83. The fraction of sp³-hybridized carbons (Fsp3) is 0. The number of hydrogen-bond acceptors (Lipinski definition) is 4. The van der Waals surface area contributed by atoms with Crippen LogP contribution in [-0.2, 0) is 0 Å². The minimum Gasteiger partial charge on any atom is -0.477 e. The zero-order valence-electron chi connectivity index (χ0n) is 6.97. The van der Waals surface area contributed by atoms with E-state index in [2.05, 4.69) is 15.5 Å². The highest BCUT2D eigenvalue weighted by Gasteiger charge is 2.07. The highest BCUT2D eigenvalue weighted by atomic mass is 32.1. The molecule has 0 aliphatic rings. The van der Waals surface area contributed by atoms with Gasteiger partial charge in [-0.05, 0) is 12.1 Å². The number of nitrogens with zero attached hydrogens (tertiary/aromatic N) is 2. The summed E-state index contributed by atoms with van der Waals surface area (Å²) < 4.78 is 0. The summed E-state index contributed by atoms with van der Waals surface area (Å²) in [7, 11) is 0. The van der Waals surface area contributed by atoms with Crippen molar-refractivity contribution in [3.63, 3.8) is 0 Å². The van der Waals surface area contributed by atoms with Crippen molar-refractivity contribution in [3.05, 3.63) is 34.8 Å². The van der Waals surface area contributed by atoms with Gasteiger partial charge in [0.25, 0.3) is 0 Å². The quantitative estimate of drug-likeness (QED) is 0.810. The molecule has 2 aromatic heterocycles. The zero-order valence-corrected chi connectivity index (χ0v) is 7.78. The molecule has 1 radical (unpaired) electrons. The maximum Gasteiger partial charge on any atom is 0.354 e.